The van der Waals surface area contributed by atoms with Gasteiger partial charge in [-0.05, 0) is 31.9 Å². The molecule has 1 amide bonds. The monoisotopic (exact) mass is 285 g/mol. The molecule has 0 radical (unpaired) electrons. The minimum Gasteiger partial charge on any atom is -0.450 e. The molecule has 4 heteroatoms. The molecule has 1 aromatic carbocycles. The highest BCUT2D eigenvalue weighted by molar-refractivity contribution is 6.00. The first kappa shape index (κ1) is 15.1. The van der Waals surface area contributed by atoms with Gasteiger partial charge in [0, 0.05) is 17.4 Å². The predicted octanol–water partition coefficient (Wildman–Crippen LogP) is 2.47. The summed E-state index contributed by atoms with van der Waals surface area (Å²) in [7, 11) is 0. The maximum atomic E-state index is 12.3. The third-order valence-electron chi connectivity index (χ3n) is 3.61. The number of amides is 1. The van der Waals surface area contributed by atoms with Crippen LogP contribution in [-0.2, 0) is 0 Å². The first-order valence-electron chi connectivity index (χ1n) is 6.84. The lowest BCUT2D eigenvalue weighted by Crippen LogP contribution is -2.37. The van der Waals surface area contributed by atoms with Gasteiger partial charge in [0.1, 0.15) is 5.58 Å². The third-order valence-corrected chi connectivity index (χ3v) is 3.61. The molecule has 1 aromatic heterocycles. The highest BCUT2D eigenvalue weighted by Crippen LogP contribution is 2.30. The number of rotatable bonds is 4. The molecule has 0 bridgehead atoms. The van der Waals surface area contributed by atoms with Gasteiger partial charge in [-0.3, -0.25) is 4.79 Å². The lowest BCUT2D eigenvalue weighted by molar-refractivity contribution is 0.0891. The quantitative estimate of drug-likeness (QED) is 0.848. The minimum atomic E-state index is -0.461. The average molecular weight is 285 g/mol. The molecule has 0 aliphatic heterocycles. The highest BCUT2D eigenvalue weighted by atomic mass is 16.3. The van der Waals surface area contributed by atoms with E-state index in [1.54, 1.807) is 0 Å². The van der Waals surface area contributed by atoms with Crippen molar-refractivity contribution < 1.29 is 14.3 Å². The zero-order chi connectivity index (χ0) is 15.6. The van der Waals surface area contributed by atoms with Crippen LogP contribution in [0.5, 0.6) is 0 Å². The number of carbonyl (C=O) groups is 1. The van der Waals surface area contributed by atoms with Crippen molar-refractivity contribution >= 4 is 16.9 Å². The fourth-order valence-electron chi connectivity index (χ4n) is 2.45. The van der Waals surface area contributed by atoms with Gasteiger partial charge in [-0.25, -0.2) is 0 Å². The van der Waals surface area contributed by atoms with Crippen LogP contribution in [0, 0.1) is 33.1 Å². The van der Waals surface area contributed by atoms with Crippen LogP contribution in [0.1, 0.15) is 33.7 Å². The van der Waals surface area contributed by atoms with Crippen molar-refractivity contribution in [3.05, 3.63) is 34.6 Å². The van der Waals surface area contributed by atoms with Crippen molar-refractivity contribution in [2.75, 3.05) is 6.61 Å². The summed E-state index contributed by atoms with van der Waals surface area (Å²) in [5.74, 6) is 2.36. The first-order valence-corrected chi connectivity index (χ1v) is 6.84. The molecular weight excluding hydrogens is 266 g/mol. The Labute approximate surface area is 124 Å². The maximum Gasteiger partial charge on any atom is 0.287 e. The fourth-order valence-corrected chi connectivity index (χ4v) is 2.45. The summed E-state index contributed by atoms with van der Waals surface area (Å²) in [4.78, 5) is 12.3. The standard InChI is InChI=1S/C17H19NO3/c1-5-6-13(9-19)18-17(20)16-12(4)14-10(2)7-8-11(3)15(14)21-16/h1,7-8,13,19H,6,9H2,2-4H3,(H,18,20)/t13-/m0/s1. The zero-order valence-electron chi connectivity index (χ0n) is 12.5. The zero-order valence-corrected chi connectivity index (χ0v) is 12.5. The van der Waals surface area contributed by atoms with Gasteiger partial charge in [-0.1, -0.05) is 12.1 Å². The molecule has 0 unspecified atom stereocenters. The number of terminal acetylenes is 1. The maximum absolute atomic E-state index is 12.3. The Morgan fingerprint density at radius 3 is 2.62 bits per heavy atom. The predicted molar refractivity (Wildman–Crippen MR) is 82.2 cm³/mol. The van der Waals surface area contributed by atoms with E-state index in [2.05, 4.69) is 11.2 Å². The number of hydrogen-bond acceptors (Lipinski definition) is 3. The molecule has 0 aliphatic rings. The molecule has 1 atom stereocenters. The first-order chi connectivity index (χ1) is 9.99. The van der Waals surface area contributed by atoms with Gasteiger partial charge in [0.25, 0.3) is 5.91 Å². The van der Waals surface area contributed by atoms with Gasteiger partial charge in [0.05, 0.1) is 12.6 Å². The molecule has 4 nitrogen and oxygen atoms in total. The van der Waals surface area contributed by atoms with Crippen LogP contribution in [0.25, 0.3) is 11.0 Å². The molecule has 110 valence electrons. The smallest absolute Gasteiger partial charge is 0.287 e. The molecule has 0 spiro atoms. The number of aryl methyl sites for hydroxylation is 3. The molecule has 1 heterocycles. The minimum absolute atomic E-state index is 0.201. The molecule has 2 rings (SSSR count). The Kier molecular flexibility index (Phi) is 4.35. The van der Waals surface area contributed by atoms with Gasteiger partial charge in [-0.2, -0.15) is 0 Å². The molecular formula is C17H19NO3. The van der Waals surface area contributed by atoms with Crippen molar-refractivity contribution in [3.8, 4) is 12.3 Å². The van der Waals surface area contributed by atoms with Crippen LogP contribution in [0.2, 0.25) is 0 Å². The van der Waals surface area contributed by atoms with E-state index in [4.69, 9.17) is 10.8 Å². The van der Waals surface area contributed by atoms with E-state index in [-0.39, 0.29) is 24.7 Å². The summed E-state index contributed by atoms with van der Waals surface area (Å²) in [5, 5.41) is 12.9. The number of fused-ring (bicyclic) bond motifs is 1. The van der Waals surface area contributed by atoms with Gasteiger partial charge in [0.15, 0.2) is 5.76 Å². The fraction of sp³-hybridized carbons (Fsp3) is 0.353. The van der Waals surface area contributed by atoms with Crippen LogP contribution >= 0.6 is 0 Å². The Balaban J connectivity index is 2.41. The molecule has 2 N–H and O–H groups in total. The van der Waals surface area contributed by atoms with Crippen molar-refractivity contribution in [2.45, 2.75) is 33.2 Å². The summed E-state index contributed by atoms with van der Waals surface area (Å²) < 4.78 is 5.75. The Hall–Kier alpha value is -2.25. The van der Waals surface area contributed by atoms with E-state index in [1.165, 1.54) is 0 Å². The number of carbonyl (C=O) groups excluding carboxylic acids is 1. The van der Waals surface area contributed by atoms with E-state index in [9.17, 15) is 9.90 Å². The summed E-state index contributed by atoms with van der Waals surface area (Å²) in [6.45, 7) is 5.59. The Morgan fingerprint density at radius 2 is 2.05 bits per heavy atom. The number of aliphatic hydroxyl groups excluding tert-OH is 1. The van der Waals surface area contributed by atoms with E-state index in [1.807, 2.05) is 32.9 Å². The lowest BCUT2D eigenvalue weighted by Gasteiger charge is -2.12. The second-order valence-corrected chi connectivity index (χ2v) is 5.22. The third kappa shape index (κ3) is 2.79. The summed E-state index contributed by atoms with van der Waals surface area (Å²) in [5.41, 5.74) is 3.59. The average Bonchev–Trinajstić information content (AvgIpc) is 2.81. The van der Waals surface area contributed by atoms with Gasteiger partial charge >= 0.3 is 0 Å². The number of furan rings is 1. The Bertz CT molecular complexity index is 722. The summed E-state index contributed by atoms with van der Waals surface area (Å²) >= 11 is 0. The molecule has 0 saturated carbocycles. The van der Waals surface area contributed by atoms with Crippen molar-refractivity contribution in [3.63, 3.8) is 0 Å². The van der Waals surface area contributed by atoms with E-state index < -0.39 is 6.04 Å². The normalized spacial score (nSPS) is 12.1. The van der Waals surface area contributed by atoms with Gasteiger partial charge < -0.3 is 14.8 Å². The van der Waals surface area contributed by atoms with E-state index >= 15 is 0 Å². The number of nitrogens with one attached hydrogen (secondary N) is 1. The summed E-state index contributed by atoms with van der Waals surface area (Å²) in [6.07, 6.45) is 5.49. The van der Waals surface area contributed by atoms with E-state index in [0.717, 1.165) is 27.7 Å². The number of aliphatic hydroxyl groups is 1. The van der Waals surface area contributed by atoms with Crippen molar-refractivity contribution in [1.82, 2.24) is 5.32 Å². The van der Waals surface area contributed by atoms with Crippen molar-refractivity contribution in [2.24, 2.45) is 0 Å². The molecule has 2 aromatic rings. The molecule has 0 aliphatic carbocycles. The second kappa shape index (κ2) is 6.02. The van der Waals surface area contributed by atoms with Crippen LogP contribution in [0.15, 0.2) is 16.5 Å². The largest absolute Gasteiger partial charge is 0.450 e. The highest BCUT2D eigenvalue weighted by Gasteiger charge is 2.21. The van der Waals surface area contributed by atoms with Gasteiger partial charge in [0.2, 0.25) is 0 Å². The Morgan fingerprint density at radius 1 is 1.38 bits per heavy atom. The SMILES string of the molecule is C#CC[C@@H](CO)NC(=O)c1oc2c(C)ccc(C)c2c1C. The molecule has 21 heavy (non-hydrogen) atoms. The van der Waals surface area contributed by atoms with Crippen LogP contribution in [0.3, 0.4) is 0 Å². The van der Waals surface area contributed by atoms with Crippen LogP contribution in [-0.4, -0.2) is 23.7 Å². The lowest BCUT2D eigenvalue weighted by atomic mass is 10.0. The van der Waals surface area contributed by atoms with Gasteiger partial charge in [-0.15, -0.1) is 12.3 Å². The summed E-state index contributed by atoms with van der Waals surface area (Å²) in [6, 6.07) is 3.52. The number of hydrogen-bond donors (Lipinski definition) is 2. The number of benzene rings is 1. The topological polar surface area (TPSA) is 62.5 Å². The van der Waals surface area contributed by atoms with Crippen molar-refractivity contribution in [1.29, 1.82) is 0 Å². The molecule has 0 fully saturated rings. The van der Waals surface area contributed by atoms with E-state index in [0.29, 0.717) is 0 Å². The second-order valence-electron chi connectivity index (χ2n) is 5.22. The van der Waals surface area contributed by atoms with Crippen LogP contribution in [0.4, 0.5) is 0 Å². The molecule has 0 saturated heterocycles. The van der Waals surface area contributed by atoms with Crippen LogP contribution < -0.4 is 5.32 Å².